The van der Waals surface area contributed by atoms with Crippen LogP contribution in [0.25, 0.3) is 50.7 Å². The number of nitrogens with one attached hydrogen (secondary N) is 3. The molecular weight excluding hydrogens is 1780 g/mol. The van der Waals surface area contributed by atoms with Crippen LogP contribution in [0, 0.1) is 17.5 Å². The minimum absolute atomic E-state index is 0. The second-order valence-corrected chi connectivity index (χ2v) is 37.1. The van der Waals surface area contributed by atoms with Gasteiger partial charge in [0.1, 0.15) is 63.0 Å². The lowest BCUT2D eigenvalue weighted by Gasteiger charge is -2.30. The SMILES string of the molecule is C.C.C.C.C.CC(C)(C)OC(=O)N1Cc2c(-c3cnc4cc(F)ccn34)ccc(Cl)c2C1=O.COCC1(c2ccc(N)nc2CN(C)C)CCOC1.COCC1(c2ccc(Nc3ccc(-c4cnc5cc(F)ccn45)c4c3C(=O)N(C(=O)OC(C)(C)C)C4)nc2CN(C)C)CCOC1.COCC1(c2ccc(Nc3ccc(-c4cnc5cc(F)ccn45)c4c3C(=O)NC4)nc2CN(C)C)CCOC1. The summed E-state index contributed by atoms with van der Waals surface area (Å²) in [6, 6.07) is 31.0. The average molecular weight is 1910 g/mol. The Hall–Kier alpha value is -12.4. The van der Waals surface area contributed by atoms with Crippen molar-refractivity contribution < 1.29 is 75.0 Å². The van der Waals surface area contributed by atoms with Gasteiger partial charge in [-0.25, -0.2) is 62.5 Å². The number of anilines is 5. The van der Waals surface area contributed by atoms with Gasteiger partial charge in [0, 0.05) is 137 Å². The van der Waals surface area contributed by atoms with E-state index < -0.39 is 46.8 Å². The number of benzene rings is 3. The van der Waals surface area contributed by atoms with Crippen LogP contribution in [0.15, 0.2) is 146 Å². The molecule has 31 nitrogen and oxygen atoms in total. The average Bonchev–Trinajstić information content (AvgIpc) is 1.60. The fraction of sp³-hybridized carbons (Fsp3) is 0.422. The molecule has 0 bridgehead atoms. The van der Waals surface area contributed by atoms with Crippen LogP contribution in [0.2, 0.25) is 5.02 Å². The van der Waals surface area contributed by atoms with E-state index in [0.29, 0.717) is 163 Å². The molecule has 9 aromatic heterocycles. The number of pyridine rings is 6. The first-order chi connectivity index (χ1) is 63.0. The molecule has 137 heavy (non-hydrogen) atoms. The Kier molecular flexibility index (Phi) is 34.3. The van der Waals surface area contributed by atoms with Crippen LogP contribution in [0.3, 0.4) is 0 Å². The number of nitrogens with zero attached hydrogens (tertiary/aromatic N) is 14. The summed E-state index contributed by atoms with van der Waals surface area (Å²) >= 11 is 6.27. The number of carbonyl (C=O) groups is 5. The van der Waals surface area contributed by atoms with Crippen LogP contribution in [0.1, 0.15) is 179 Å². The van der Waals surface area contributed by atoms with Crippen molar-refractivity contribution >= 4 is 87.3 Å². The first kappa shape index (κ1) is 107. The fourth-order valence-electron chi connectivity index (χ4n) is 18.0. The van der Waals surface area contributed by atoms with Crippen molar-refractivity contribution in [2.75, 3.05) is 139 Å². The number of aromatic nitrogens is 9. The van der Waals surface area contributed by atoms with E-state index in [0.717, 1.165) is 87.2 Å². The number of imidazole rings is 3. The zero-order valence-corrected chi connectivity index (χ0v) is 77.5. The van der Waals surface area contributed by atoms with Crippen molar-refractivity contribution in [2.45, 2.75) is 165 Å². The van der Waals surface area contributed by atoms with Gasteiger partial charge in [-0.05, 0) is 191 Å². The van der Waals surface area contributed by atoms with Gasteiger partial charge in [-0.3, -0.25) is 27.6 Å². The number of hydrogen-bond acceptors (Lipinski definition) is 25. The topological polar surface area (TPSA) is 328 Å². The molecule has 5 amide bonds. The summed E-state index contributed by atoms with van der Waals surface area (Å²) in [4.78, 5) is 101. The molecule has 3 saturated heterocycles. The quantitative estimate of drug-likeness (QED) is 0.0490. The zero-order chi connectivity index (χ0) is 94.0. The second kappa shape index (κ2) is 44.0. The van der Waals surface area contributed by atoms with E-state index in [4.69, 9.17) is 65.2 Å². The lowest BCUT2D eigenvalue weighted by atomic mass is 9.79. The number of hydrogen-bond donors (Lipinski definition) is 4. The number of fused-ring (bicyclic) bond motifs is 6. The smallest absolute Gasteiger partial charge is 0.417 e. The Labute approximate surface area is 804 Å². The molecule has 3 atom stereocenters. The fourth-order valence-corrected chi connectivity index (χ4v) is 18.2. The predicted octanol–water partition coefficient (Wildman–Crippen LogP) is 18.3. The Morgan fingerprint density at radius 1 is 0.482 bits per heavy atom. The minimum atomic E-state index is -0.791. The molecule has 3 unspecified atom stereocenters. The normalized spacial score (nSPS) is 17.4. The molecule has 0 saturated carbocycles. The lowest BCUT2D eigenvalue weighted by molar-refractivity contribution is 0.0231. The monoisotopic (exact) mass is 1910 g/mol. The summed E-state index contributed by atoms with van der Waals surface area (Å²) in [5.74, 6) is -0.510. The highest BCUT2D eigenvalue weighted by Gasteiger charge is 2.45. The van der Waals surface area contributed by atoms with Gasteiger partial charge in [-0.15, -0.1) is 0 Å². The molecule has 6 aliphatic rings. The Morgan fingerprint density at radius 2 is 0.832 bits per heavy atom. The number of halogens is 4. The Balaban J connectivity index is 0.000000194. The summed E-state index contributed by atoms with van der Waals surface area (Å²) in [6.07, 6.45) is 11.0. The second-order valence-electron chi connectivity index (χ2n) is 36.7. The van der Waals surface area contributed by atoms with Crippen LogP contribution < -0.4 is 21.7 Å². The number of nitrogen functional groups attached to an aromatic ring is 1. The van der Waals surface area contributed by atoms with Gasteiger partial charge < -0.3 is 74.3 Å². The Morgan fingerprint density at radius 3 is 1.20 bits per heavy atom. The number of rotatable bonds is 22. The summed E-state index contributed by atoms with van der Waals surface area (Å²) < 4.78 is 91.2. The molecule has 3 aromatic carbocycles. The number of ether oxygens (including phenoxy) is 8. The van der Waals surface area contributed by atoms with E-state index in [9.17, 15) is 37.1 Å². The van der Waals surface area contributed by atoms with Crippen molar-refractivity contribution in [2.24, 2.45) is 0 Å². The number of carbonyl (C=O) groups excluding carboxylic acids is 5. The van der Waals surface area contributed by atoms with Crippen molar-refractivity contribution in [1.82, 2.24) is 72.9 Å². The minimum Gasteiger partial charge on any atom is -0.443 e. The summed E-state index contributed by atoms with van der Waals surface area (Å²) in [6.45, 7) is 18.6. The molecule has 0 radical (unpaired) electrons. The molecule has 35 heteroatoms. The largest absolute Gasteiger partial charge is 0.443 e. The predicted molar refractivity (Wildman–Crippen MR) is 527 cm³/mol. The molecule has 0 aliphatic carbocycles. The number of nitrogens with two attached hydrogens (primary N) is 1. The lowest BCUT2D eigenvalue weighted by Crippen LogP contribution is -2.37. The summed E-state index contributed by atoms with van der Waals surface area (Å²) in [5, 5.41) is 9.98. The van der Waals surface area contributed by atoms with E-state index in [1.807, 2.05) is 83.1 Å². The van der Waals surface area contributed by atoms with Gasteiger partial charge in [-0.2, -0.15) is 0 Å². The van der Waals surface area contributed by atoms with Gasteiger partial charge in [0.2, 0.25) is 0 Å². The molecular formula is C102H130ClF3N18O13. The third-order valence-corrected chi connectivity index (χ3v) is 24.0. The van der Waals surface area contributed by atoms with Crippen LogP contribution in [0.4, 0.5) is 51.6 Å². The first-order valence-electron chi connectivity index (χ1n) is 43.4. The maximum Gasteiger partial charge on any atom is 0.417 e. The summed E-state index contributed by atoms with van der Waals surface area (Å²) in [7, 11) is 17.2. The zero-order valence-electron chi connectivity index (χ0n) is 76.7. The molecule has 0 spiro atoms. The molecule has 734 valence electrons. The first-order valence-corrected chi connectivity index (χ1v) is 43.7. The third-order valence-electron chi connectivity index (χ3n) is 23.7. The van der Waals surface area contributed by atoms with Crippen molar-refractivity contribution in [3.8, 4) is 33.8 Å². The van der Waals surface area contributed by atoms with Crippen molar-refractivity contribution in [3.63, 3.8) is 0 Å². The molecule has 6 aliphatic heterocycles. The molecule has 18 rings (SSSR count). The van der Waals surface area contributed by atoms with Gasteiger partial charge in [0.05, 0.1) is 139 Å². The highest BCUT2D eigenvalue weighted by Crippen LogP contribution is 2.45. The van der Waals surface area contributed by atoms with Gasteiger partial charge in [0.15, 0.2) is 0 Å². The van der Waals surface area contributed by atoms with Crippen LogP contribution in [-0.4, -0.2) is 232 Å². The molecule has 5 N–H and O–H groups in total. The van der Waals surface area contributed by atoms with Gasteiger partial charge in [-0.1, -0.05) is 85.1 Å². The van der Waals surface area contributed by atoms with Gasteiger partial charge >= 0.3 is 12.2 Å². The van der Waals surface area contributed by atoms with E-state index >= 15 is 0 Å². The molecule has 3 fully saturated rings. The summed E-state index contributed by atoms with van der Waals surface area (Å²) in [5.41, 5.74) is 20.1. The number of methoxy groups -OCH3 is 3. The molecule has 12 aromatic rings. The number of amides is 5. The molecule has 15 heterocycles. The Bertz CT molecular complexity index is 6370. The maximum atomic E-state index is 14.0. The van der Waals surface area contributed by atoms with E-state index in [-0.39, 0.29) is 88.8 Å². The van der Waals surface area contributed by atoms with Crippen LogP contribution >= 0.6 is 11.6 Å². The highest BCUT2D eigenvalue weighted by molar-refractivity contribution is 6.35. The van der Waals surface area contributed by atoms with Gasteiger partial charge in [0.25, 0.3) is 17.7 Å². The highest BCUT2D eigenvalue weighted by atomic mass is 35.5. The van der Waals surface area contributed by atoms with Crippen molar-refractivity contribution in [3.05, 3.63) is 236 Å². The number of imide groups is 2. The maximum absolute atomic E-state index is 14.0. The van der Waals surface area contributed by atoms with E-state index in [1.54, 1.807) is 127 Å². The van der Waals surface area contributed by atoms with Crippen LogP contribution in [-0.2, 0) is 93.4 Å². The third kappa shape index (κ3) is 22.7. The standard InChI is InChI=1S/C34H39FN6O5.C29H31FN6O3.C20H17ClFN3O3.C14H23N3O2.5CH4/c1-33(2,3)46-32(43)41-17-23-22(27-16-36-29-15-21(35)11-13-40(27)29)7-9-25(30(23)31(41)42)37-28-10-8-24(26(38-28)18-39(4)5)34(19-44-6)12-14-45-20-34;1-35(2)15-23-21(29(16-38-3)9-11-39-17-29)5-7-25(34-23)33-22-6-4-19(20-13-32-28(37)27(20)22)24-14-31-26-12-18(30)8-10-36(24)26;1-20(2,3)28-19(27)25-10-13-12(4-5-14(21)17(13)18(25)26)15-9-23-16-8-11(22)6-7-24(15)16;1-17(2)8-12-11(4-5-13(15)16-12)14(9-18-3)6-7-19-10-14;;;;;/h7-11,13,15-16H,12,14,17-20H2,1-6H3,(H,37,38);4-8,10,12,14H,9,11,13,15-17H2,1-3H3,(H,32,37)(H,33,34);4-9H,10H2,1-3H3;4-5H,6-10H2,1-3H3,(H2,15,16);5*1H4. The van der Waals surface area contributed by atoms with E-state index in [2.05, 4.69) is 68.8 Å². The van der Waals surface area contributed by atoms with Crippen LogP contribution in [0.5, 0.6) is 0 Å². The van der Waals surface area contributed by atoms with Crippen molar-refractivity contribution in [1.29, 1.82) is 0 Å². The van der Waals surface area contributed by atoms with E-state index in [1.165, 1.54) is 42.0 Å².